The van der Waals surface area contributed by atoms with Gasteiger partial charge in [0.2, 0.25) is 0 Å². The topological polar surface area (TPSA) is 83.0 Å². The van der Waals surface area contributed by atoms with E-state index in [1.54, 1.807) is 11.6 Å². The van der Waals surface area contributed by atoms with E-state index in [1.165, 1.54) is 12.8 Å². The van der Waals surface area contributed by atoms with E-state index in [4.69, 9.17) is 10.5 Å². The van der Waals surface area contributed by atoms with Crippen LogP contribution >= 0.6 is 0 Å². The van der Waals surface area contributed by atoms with Gasteiger partial charge in [0.1, 0.15) is 0 Å². The third-order valence-corrected chi connectivity index (χ3v) is 2.95. The molecule has 1 saturated carbocycles. The number of hydrogen-bond acceptors (Lipinski definition) is 5. The number of nitrogens with zero attached hydrogens (tertiary/aromatic N) is 3. The van der Waals surface area contributed by atoms with E-state index in [-0.39, 0.29) is 12.2 Å². The highest BCUT2D eigenvalue weighted by molar-refractivity contribution is 5.88. The molecule has 1 aliphatic carbocycles. The third kappa shape index (κ3) is 2.82. The number of aromatic nitrogens is 3. The van der Waals surface area contributed by atoms with Gasteiger partial charge in [0.15, 0.2) is 5.69 Å². The van der Waals surface area contributed by atoms with Crippen LogP contribution in [0.4, 0.5) is 0 Å². The second kappa shape index (κ2) is 5.27. The molecule has 1 fully saturated rings. The lowest BCUT2D eigenvalue weighted by Gasteiger charge is -2.05. The molecular formula is C11H18N4O2. The minimum absolute atomic E-state index is 0.255. The first-order valence-corrected chi connectivity index (χ1v) is 6.05. The fourth-order valence-corrected chi connectivity index (χ4v) is 1.78. The van der Waals surface area contributed by atoms with E-state index in [0.29, 0.717) is 12.3 Å². The summed E-state index contributed by atoms with van der Waals surface area (Å²) in [7, 11) is 0. The van der Waals surface area contributed by atoms with E-state index in [2.05, 4.69) is 10.3 Å². The number of esters is 1. The lowest BCUT2D eigenvalue weighted by atomic mass is 10.2. The predicted octanol–water partition coefficient (Wildman–Crippen LogP) is 0.714. The molecule has 0 bridgehead atoms. The van der Waals surface area contributed by atoms with Crippen LogP contribution in [-0.4, -0.2) is 27.6 Å². The Bertz CT molecular complexity index is 398. The number of hydrogen-bond donors (Lipinski definition) is 1. The molecule has 0 unspecified atom stereocenters. The van der Waals surface area contributed by atoms with Gasteiger partial charge in [-0.25, -0.2) is 9.48 Å². The average molecular weight is 238 g/mol. The Morgan fingerprint density at radius 1 is 1.59 bits per heavy atom. The normalized spacial score (nSPS) is 14.9. The zero-order valence-corrected chi connectivity index (χ0v) is 10.1. The molecule has 17 heavy (non-hydrogen) atoms. The molecule has 1 aromatic heterocycles. The van der Waals surface area contributed by atoms with Gasteiger partial charge in [-0.1, -0.05) is 18.1 Å². The highest BCUT2D eigenvalue weighted by atomic mass is 16.5. The van der Waals surface area contributed by atoms with Crippen molar-refractivity contribution >= 4 is 5.97 Å². The molecule has 0 saturated heterocycles. The maximum atomic E-state index is 11.6. The van der Waals surface area contributed by atoms with Crippen LogP contribution in [0.15, 0.2) is 0 Å². The van der Waals surface area contributed by atoms with Gasteiger partial charge in [-0.15, -0.1) is 5.10 Å². The Morgan fingerprint density at radius 3 is 2.94 bits per heavy atom. The average Bonchev–Trinajstić information content (AvgIpc) is 3.05. The minimum Gasteiger partial charge on any atom is -0.461 e. The molecule has 0 radical (unpaired) electrons. The quantitative estimate of drug-likeness (QED) is 0.738. The van der Waals surface area contributed by atoms with Crippen LogP contribution in [0.3, 0.4) is 0 Å². The van der Waals surface area contributed by atoms with Crippen molar-refractivity contribution in [1.82, 2.24) is 15.0 Å². The Morgan fingerprint density at radius 2 is 2.35 bits per heavy atom. The molecule has 6 nitrogen and oxygen atoms in total. The summed E-state index contributed by atoms with van der Waals surface area (Å²) in [5, 5.41) is 7.84. The number of aryl methyl sites for hydroxylation is 1. The van der Waals surface area contributed by atoms with Crippen molar-refractivity contribution in [2.45, 2.75) is 39.3 Å². The van der Waals surface area contributed by atoms with Crippen LogP contribution in [0.25, 0.3) is 0 Å². The van der Waals surface area contributed by atoms with Crippen molar-refractivity contribution in [3.8, 4) is 0 Å². The van der Waals surface area contributed by atoms with Crippen LogP contribution in [-0.2, 0) is 17.8 Å². The Hall–Kier alpha value is -1.43. The summed E-state index contributed by atoms with van der Waals surface area (Å²) >= 11 is 0. The zero-order valence-electron chi connectivity index (χ0n) is 10.1. The van der Waals surface area contributed by atoms with E-state index in [0.717, 1.165) is 18.9 Å². The SMILES string of the molecule is CCOC(=O)c1nnn(CCC2CC2)c1CN. The summed E-state index contributed by atoms with van der Waals surface area (Å²) < 4.78 is 6.64. The van der Waals surface area contributed by atoms with Gasteiger partial charge >= 0.3 is 5.97 Å². The molecule has 0 aliphatic heterocycles. The number of rotatable bonds is 6. The van der Waals surface area contributed by atoms with E-state index >= 15 is 0 Å². The molecule has 1 aromatic rings. The van der Waals surface area contributed by atoms with Crippen molar-refractivity contribution in [2.75, 3.05) is 6.61 Å². The van der Waals surface area contributed by atoms with Gasteiger partial charge in [-0.2, -0.15) is 0 Å². The van der Waals surface area contributed by atoms with Crippen molar-refractivity contribution in [2.24, 2.45) is 11.7 Å². The smallest absolute Gasteiger partial charge is 0.360 e. The Labute approximate surface area is 100 Å². The molecule has 6 heteroatoms. The largest absolute Gasteiger partial charge is 0.461 e. The second-order valence-corrected chi connectivity index (χ2v) is 4.26. The summed E-state index contributed by atoms with van der Waals surface area (Å²) in [5.41, 5.74) is 6.57. The molecule has 2 rings (SSSR count). The van der Waals surface area contributed by atoms with Crippen LogP contribution in [0.5, 0.6) is 0 Å². The molecular weight excluding hydrogens is 220 g/mol. The fraction of sp³-hybridized carbons (Fsp3) is 0.727. The van der Waals surface area contributed by atoms with Crippen molar-refractivity contribution in [3.05, 3.63) is 11.4 Å². The maximum absolute atomic E-state index is 11.6. The van der Waals surface area contributed by atoms with Crippen LogP contribution in [0, 0.1) is 5.92 Å². The van der Waals surface area contributed by atoms with Gasteiger partial charge in [0.05, 0.1) is 12.3 Å². The van der Waals surface area contributed by atoms with Crippen LogP contribution < -0.4 is 5.73 Å². The van der Waals surface area contributed by atoms with Gasteiger partial charge in [-0.3, -0.25) is 0 Å². The minimum atomic E-state index is -0.439. The molecule has 0 atom stereocenters. The van der Waals surface area contributed by atoms with Crippen molar-refractivity contribution in [3.63, 3.8) is 0 Å². The predicted molar refractivity (Wildman–Crippen MR) is 61.2 cm³/mol. The first-order chi connectivity index (χ1) is 8.26. The Kier molecular flexibility index (Phi) is 3.73. The monoisotopic (exact) mass is 238 g/mol. The first kappa shape index (κ1) is 12.0. The molecule has 94 valence electrons. The van der Waals surface area contributed by atoms with E-state index in [1.807, 2.05) is 0 Å². The first-order valence-electron chi connectivity index (χ1n) is 6.05. The lowest BCUT2D eigenvalue weighted by molar-refractivity contribution is 0.0518. The molecule has 1 heterocycles. The van der Waals surface area contributed by atoms with Crippen molar-refractivity contribution < 1.29 is 9.53 Å². The highest BCUT2D eigenvalue weighted by Crippen LogP contribution is 2.32. The molecule has 1 aliphatic rings. The van der Waals surface area contributed by atoms with Crippen molar-refractivity contribution in [1.29, 1.82) is 0 Å². The maximum Gasteiger partial charge on any atom is 0.360 e. The molecule has 0 aromatic carbocycles. The summed E-state index contributed by atoms with van der Waals surface area (Å²) in [5.74, 6) is 0.376. The van der Waals surface area contributed by atoms with Gasteiger partial charge < -0.3 is 10.5 Å². The van der Waals surface area contributed by atoms with Crippen LogP contribution in [0.1, 0.15) is 42.4 Å². The Balaban J connectivity index is 2.07. The molecule has 0 spiro atoms. The summed E-state index contributed by atoms with van der Waals surface area (Å²) in [6.45, 7) is 3.13. The molecule has 0 amide bonds. The van der Waals surface area contributed by atoms with Gasteiger partial charge in [-0.05, 0) is 19.3 Å². The summed E-state index contributed by atoms with van der Waals surface area (Å²) in [4.78, 5) is 11.6. The summed E-state index contributed by atoms with van der Waals surface area (Å²) in [6, 6.07) is 0. The zero-order chi connectivity index (χ0) is 12.3. The van der Waals surface area contributed by atoms with Crippen LogP contribution in [0.2, 0.25) is 0 Å². The standard InChI is InChI=1S/C11H18N4O2/c1-2-17-11(16)10-9(7-12)15(14-13-10)6-5-8-3-4-8/h8H,2-7,12H2,1H3. The fourth-order valence-electron chi connectivity index (χ4n) is 1.78. The third-order valence-electron chi connectivity index (χ3n) is 2.95. The number of carbonyl (C=O) groups is 1. The van der Waals surface area contributed by atoms with Gasteiger partial charge in [0.25, 0.3) is 0 Å². The number of carbonyl (C=O) groups excluding carboxylic acids is 1. The van der Waals surface area contributed by atoms with E-state index < -0.39 is 5.97 Å². The summed E-state index contributed by atoms with van der Waals surface area (Å²) in [6.07, 6.45) is 3.69. The van der Waals surface area contributed by atoms with E-state index in [9.17, 15) is 4.79 Å². The number of ether oxygens (including phenoxy) is 1. The molecule has 2 N–H and O–H groups in total. The number of nitrogens with two attached hydrogens (primary N) is 1. The highest BCUT2D eigenvalue weighted by Gasteiger charge is 2.23. The lowest BCUT2D eigenvalue weighted by Crippen LogP contribution is -2.14. The second-order valence-electron chi connectivity index (χ2n) is 4.26. The van der Waals surface area contributed by atoms with Gasteiger partial charge in [0, 0.05) is 13.1 Å².